The maximum atomic E-state index is 13.1. The van der Waals surface area contributed by atoms with Crippen LogP contribution in [-0.4, -0.2) is 38.6 Å². The van der Waals surface area contributed by atoms with Crippen LogP contribution in [-0.2, 0) is 21.8 Å². The minimum Gasteiger partial charge on any atom is -0.508 e. The van der Waals surface area contributed by atoms with Crippen molar-refractivity contribution in [3.8, 4) is 17.2 Å². The molecule has 4 aromatic carbocycles. The average molecular weight is 615 g/mol. The van der Waals surface area contributed by atoms with E-state index in [9.17, 15) is 13.5 Å². The number of sulfone groups is 1. The van der Waals surface area contributed by atoms with E-state index in [0.717, 1.165) is 40.0 Å². The SMILES string of the molecule is CCCCCCCC[N+](C)(C)Cc1cc(C(C)(C)c2ccc(O)cc2)ccc1Oc1ccc(S(=O)(=O)c2ccccc2)cc1. The summed E-state index contributed by atoms with van der Waals surface area (Å²) in [6.45, 7) is 8.51. The molecule has 0 aromatic heterocycles. The average Bonchev–Trinajstić information content (AvgIpc) is 3.00. The van der Waals surface area contributed by atoms with Crippen molar-refractivity contribution < 1.29 is 22.7 Å². The minimum atomic E-state index is -3.60. The van der Waals surface area contributed by atoms with Crippen LogP contribution in [0.5, 0.6) is 17.2 Å². The molecule has 0 aliphatic carbocycles. The van der Waals surface area contributed by atoms with E-state index in [1.807, 2.05) is 18.2 Å². The molecule has 4 aromatic rings. The van der Waals surface area contributed by atoms with Gasteiger partial charge in [-0.3, -0.25) is 0 Å². The van der Waals surface area contributed by atoms with Gasteiger partial charge in [0.05, 0.1) is 30.4 Å². The molecule has 0 radical (unpaired) electrons. The molecular formula is C38H48NO4S+. The van der Waals surface area contributed by atoms with E-state index in [-0.39, 0.29) is 21.0 Å². The highest BCUT2D eigenvalue weighted by atomic mass is 32.2. The molecule has 0 spiro atoms. The normalized spacial score (nSPS) is 12.3. The van der Waals surface area contributed by atoms with Gasteiger partial charge in [-0.25, -0.2) is 8.42 Å². The maximum Gasteiger partial charge on any atom is 0.206 e. The lowest BCUT2D eigenvalue weighted by molar-refractivity contribution is -0.903. The molecular weight excluding hydrogens is 566 g/mol. The molecule has 0 aliphatic rings. The zero-order valence-corrected chi connectivity index (χ0v) is 27.7. The zero-order valence-electron chi connectivity index (χ0n) is 26.9. The fourth-order valence-electron chi connectivity index (χ4n) is 5.65. The van der Waals surface area contributed by atoms with Crippen LogP contribution in [0, 0.1) is 0 Å². The van der Waals surface area contributed by atoms with Crippen molar-refractivity contribution in [2.75, 3.05) is 20.6 Å². The van der Waals surface area contributed by atoms with Gasteiger partial charge in [-0.1, -0.05) is 82.9 Å². The van der Waals surface area contributed by atoms with Gasteiger partial charge in [0.15, 0.2) is 0 Å². The van der Waals surface area contributed by atoms with Crippen molar-refractivity contribution in [3.63, 3.8) is 0 Å². The van der Waals surface area contributed by atoms with Crippen molar-refractivity contribution in [1.82, 2.24) is 0 Å². The third-order valence-electron chi connectivity index (χ3n) is 8.50. The van der Waals surface area contributed by atoms with Crippen molar-refractivity contribution in [2.45, 2.75) is 81.0 Å². The van der Waals surface area contributed by atoms with Gasteiger partial charge in [0.1, 0.15) is 23.8 Å². The Hall–Kier alpha value is -3.61. The Bertz CT molecular complexity index is 1590. The number of phenols is 1. The molecule has 0 saturated carbocycles. The van der Waals surface area contributed by atoms with Crippen LogP contribution >= 0.6 is 0 Å². The summed E-state index contributed by atoms with van der Waals surface area (Å²) in [6, 6.07) is 29.0. The number of ether oxygens (including phenoxy) is 1. The van der Waals surface area contributed by atoms with E-state index in [2.05, 4.69) is 47.0 Å². The molecule has 44 heavy (non-hydrogen) atoms. The molecule has 1 N–H and O–H groups in total. The van der Waals surface area contributed by atoms with Gasteiger partial charge in [0, 0.05) is 11.0 Å². The Morgan fingerprint density at radius 3 is 1.98 bits per heavy atom. The van der Waals surface area contributed by atoms with Crippen LogP contribution in [0.3, 0.4) is 0 Å². The van der Waals surface area contributed by atoms with Crippen LogP contribution in [0.25, 0.3) is 0 Å². The first-order chi connectivity index (χ1) is 20.9. The van der Waals surface area contributed by atoms with Crippen LogP contribution in [0.4, 0.5) is 0 Å². The van der Waals surface area contributed by atoms with E-state index in [4.69, 9.17) is 4.74 Å². The summed E-state index contributed by atoms with van der Waals surface area (Å²) in [5.41, 5.74) is 3.09. The summed E-state index contributed by atoms with van der Waals surface area (Å²) in [5.74, 6) is 1.61. The van der Waals surface area contributed by atoms with Crippen LogP contribution in [0.2, 0.25) is 0 Å². The third kappa shape index (κ3) is 8.52. The highest BCUT2D eigenvalue weighted by Gasteiger charge is 2.27. The van der Waals surface area contributed by atoms with Crippen molar-refractivity contribution >= 4 is 9.84 Å². The molecule has 234 valence electrons. The molecule has 4 rings (SSSR count). The number of hydrogen-bond acceptors (Lipinski definition) is 4. The molecule has 0 heterocycles. The van der Waals surface area contributed by atoms with Gasteiger partial charge in [-0.15, -0.1) is 0 Å². The lowest BCUT2D eigenvalue weighted by Gasteiger charge is -2.32. The summed E-state index contributed by atoms with van der Waals surface area (Å²) < 4.78 is 33.5. The number of nitrogens with zero attached hydrogens (tertiary/aromatic N) is 1. The molecule has 0 unspecified atom stereocenters. The summed E-state index contributed by atoms with van der Waals surface area (Å²) in [4.78, 5) is 0.507. The quantitative estimate of drug-likeness (QED) is 0.107. The highest BCUT2D eigenvalue weighted by molar-refractivity contribution is 7.91. The predicted molar refractivity (Wildman–Crippen MR) is 179 cm³/mol. The summed E-state index contributed by atoms with van der Waals surface area (Å²) in [5, 5.41) is 9.84. The number of hydrogen-bond donors (Lipinski definition) is 1. The molecule has 0 bridgehead atoms. The Labute approximate surface area is 264 Å². The molecule has 0 fully saturated rings. The van der Waals surface area contributed by atoms with Crippen LogP contribution in [0.15, 0.2) is 107 Å². The molecule has 5 nitrogen and oxygen atoms in total. The highest BCUT2D eigenvalue weighted by Crippen LogP contribution is 2.37. The Balaban J connectivity index is 1.60. The van der Waals surface area contributed by atoms with Crippen molar-refractivity contribution in [2.24, 2.45) is 0 Å². The van der Waals surface area contributed by atoms with E-state index >= 15 is 0 Å². The monoisotopic (exact) mass is 614 g/mol. The second kappa shape index (κ2) is 14.4. The lowest BCUT2D eigenvalue weighted by Crippen LogP contribution is -2.39. The number of aromatic hydroxyl groups is 1. The number of phenolic OH excluding ortho intramolecular Hbond substituents is 1. The van der Waals surface area contributed by atoms with Gasteiger partial charge in [-0.2, -0.15) is 0 Å². The fourth-order valence-corrected chi connectivity index (χ4v) is 6.93. The van der Waals surface area contributed by atoms with Gasteiger partial charge in [0.2, 0.25) is 9.84 Å². The maximum absolute atomic E-state index is 13.1. The Morgan fingerprint density at radius 2 is 1.32 bits per heavy atom. The van der Waals surface area contributed by atoms with E-state index < -0.39 is 9.84 Å². The predicted octanol–water partition coefficient (Wildman–Crippen LogP) is 9.28. The summed E-state index contributed by atoms with van der Waals surface area (Å²) >= 11 is 0. The fraction of sp³-hybridized carbons (Fsp3) is 0.368. The summed E-state index contributed by atoms with van der Waals surface area (Å²) in [7, 11) is 0.947. The van der Waals surface area contributed by atoms with Gasteiger partial charge in [0.25, 0.3) is 0 Å². The molecule has 0 saturated heterocycles. The van der Waals surface area contributed by atoms with Gasteiger partial charge >= 0.3 is 0 Å². The number of unbranched alkanes of at least 4 members (excludes halogenated alkanes) is 5. The Kier molecular flexibility index (Phi) is 10.9. The topological polar surface area (TPSA) is 63.6 Å². The summed E-state index contributed by atoms with van der Waals surface area (Å²) in [6.07, 6.45) is 7.59. The lowest BCUT2D eigenvalue weighted by atomic mass is 9.77. The van der Waals surface area contributed by atoms with Gasteiger partial charge < -0.3 is 14.3 Å². The number of rotatable bonds is 15. The molecule has 0 atom stereocenters. The van der Waals surface area contributed by atoms with Crippen LogP contribution in [0.1, 0.15) is 76.0 Å². The molecule has 0 amide bonds. The smallest absolute Gasteiger partial charge is 0.206 e. The first-order valence-electron chi connectivity index (χ1n) is 15.8. The second-order valence-corrected chi connectivity index (χ2v) is 14.9. The minimum absolute atomic E-state index is 0.235. The Morgan fingerprint density at radius 1 is 0.727 bits per heavy atom. The van der Waals surface area contributed by atoms with E-state index in [1.165, 1.54) is 38.5 Å². The van der Waals surface area contributed by atoms with E-state index in [1.54, 1.807) is 66.7 Å². The number of quaternary nitrogens is 1. The number of benzene rings is 4. The van der Waals surface area contributed by atoms with Crippen molar-refractivity contribution in [3.05, 3.63) is 114 Å². The van der Waals surface area contributed by atoms with E-state index in [0.29, 0.717) is 5.75 Å². The first-order valence-corrected chi connectivity index (χ1v) is 17.2. The van der Waals surface area contributed by atoms with Crippen molar-refractivity contribution in [1.29, 1.82) is 0 Å². The zero-order chi connectivity index (χ0) is 31.8. The molecule has 0 aliphatic heterocycles. The molecule has 6 heteroatoms. The van der Waals surface area contributed by atoms with Crippen LogP contribution < -0.4 is 4.74 Å². The first kappa shape index (κ1) is 33.3. The largest absolute Gasteiger partial charge is 0.508 e. The second-order valence-electron chi connectivity index (χ2n) is 13.0. The van der Waals surface area contributed by atoms with Gasteiger partial charge in [-0.05, 0) is 84.6 Å². The standard InChI is InChI=1S/C38H47NO4S/c1-6-7-8-9-10-14-27-39(4,5)29-30-28-32(38(2,3)31-17-20-33(40)21-18-31)19-26-37(30)43-34-22-24-36(25-23-34)44(41,42)35-15-12-11-13-16-35/h11-13,15-26,28H,6-10,14,27,29H2,1-5H3/p+1. The third-order valence-corrected chi connectivity index (χ3v) is 10.3.